The van der Waals surface area contributed by atoms with Crippen molar-refractivity contribution in [3.8, 4) is 5.75 Å². The highest BCUT2D eigenvalue weighted by atomic mass is 79.9. The van der Waals surface area contributed by atoms with Crippen LogP contribution < -0.4 is 15.6 Å². The monoisotopic (exact) mass is 570 g/mol. The predicted molar refractivity (Wildman–Crippen MR) is 143 cm³/mol. The lowest BCUT2D eigenvalue weighted by atomic mass is 10.2. The summed E-state index contributed by atoms with van der Waals surface area (Å²) in [5.41, 5.74) is 1.44. The van der Waals surface area contributed by atoms with E-state index in [1.54, 1.807) is 30.3 Å². The van der Waals surface area contributed by atoms with E-state index in [1.165, 1.54) is 35.2 Å². The molecule has 0 aliphatic carbocycles. The van der Waals surface area contributed by atoms with Gasteiger partial charge in [0.2, 0.25) is 0 Å². The van der Waals surface area contributed by atoms with Gasteiger partial charge in [0.05, 0.1) is 22.1 Å². The Morgan fingerprint density at radius 3 is 2.69 bits per heavy atom. The van der Waals surface area contributed by atoms with E-state index >= 15 is 0 Å². The second-order valence-corrected chi connectivity index (χ2v) is 9.16. The Morgan fingerprint density at radius 1 is 1.19 bits per heavy atom. The van der Waals surface area contributed by atoms with Gasteiger partial charge >= 0.3 is 0 Å². The molecule has 3 aromatic carbocycles. The molecular weight excluding hydrogens is 551 g/mol. The molecule has 0 saturated heterocycles. The SMILES string of the molecule is CCCc1nc2ccc(Br)cc2c(=O)n1N=Cc1ccc(OCC(=O)Nc2ccc(F)cc2)c(Cl)c1. The van der Waals surface area contributed by atoms with Crippen LogP contribution in [0.1, 0.15) is 24.7 Å². The number of ether oxygens (including phenoxy) is 1. The molecule has 4 rings (SSSR count). The number of nitrogens with one attached hydrogen (secondary N) is 1. The van der Waals surface area contributed by atoms with Crippen molar-refractivity contribution >= 4 is 56.2 Å². The minimum atomic E-state index is -0.415. The third-order valence-electron chi connectivity index (χ3n) is 5.11. The lowest BCUT2D eigenvalue weighted by molar-refractivity contribution is -0.118. The molecule has 0 saturated carbocycles. The summed E-state index contributed by atoms with van der Waals surface area (Å²) in [6, 6.07) is 15.7. The smallest absolute Gasteiger partial charge is 0.282 e. The Labute approximate surface area is 219 Å². The normalized spacial score (nSPS) is 11.2. The van der Waals surface area contributed by atoms with Crippen molar-refractivity contribution in [3.63, 3.8) is 0 Å². The van der Waals surface area contributed by atoms with Crippen LogP contribution in [0.3, 0.4) is 0 Å². The summed E-state index contributed by atoms with van der Waals surface area (Å²) in [6.07, 6.45) is 2.91. The molecule has 0 aliphatic heterocycles. The molecule has 1 heterocycles. The van der Waals surface area contributed by atoms with Crippen LogP contribution in [0.5, 0.6) is 5.75 Å². The standard InChI is InChI=1S/C26H21BrClFN4O3/c1-2-3-24-32-22-10-5-17(27)13-20(22)26(35)33(24)30-14-16-4-11-23(21(28)12-16)36-15-25(34)31-19-8-6-18(29)7-9-19/h4-14H,2-3,15H2,1H3,(H,31,34). The molecule has 1 aromatic heterocycles. The Hall–Kier alpha value is -3.56. The quantitative estimate of drug-likeness (QED) is 0.271. The van der Waals surface area contributed by atoms with E-state index in [0.717, 1.165) is 10.9 Å². The van der Waals surface area contributed by atoms with Crippen LogP contribution in [-0.2, 0) is 11.2 Å². The first kappa shape index (κ1) is 25.5. The summed E-state index contributed by atoms with van der Waals surface area (Å²) < 4.78 is 20.6. The molecule has 0 unspecified atom stereocenters. The maximum atomic E-state index is 13.1. The molecule has 1 N–H and O–H groups in total. The maximum absolute atomic E-state index is 13.1. The van der Waals surface area contributed by atoms with Crippen molar-refractivity contribution in [1.29, 1.82) is 0 Å². The Bertz CT molecular complexity index is 1510. The molecule has 0 bridgehead atoms. The number of hydrogen-bond acceptors (Lipinski definition) is 5. The fourth-order valence-corrected chi connectivity index (χ4v) is 4.02. The average Bonchev–Trinajstić information content (AvgIpc) is 2.85. The minimum Gasteiger partial charge on any atom is -0.482 e. The van der Waals surface area contributed by atoms with E-state index in [-0.39, 0.29) is 17.2 Å². The molecule has 1 amide bonds. The number of halogens is 3. The third kappa shape index (κ3) is 6.16. The Morgan fingerprint density at radius 2 is 1.97 bits per heavy atom. The van der Waals surface area contributed by atoms with Crippen LogP contribution in [-0.4, -0.2) is 28.4 Å². The molecule has 0 radical (unpaired) electrons. The highest BCUT2D eigenvalue weighted by Gasteiger charge is 2.11. The first-order chi connectivity index (χ1) is 17.3. The van der Waals surface area contributed by atoms with E-state index in [4.69, 9.17) is 16.3 Å². The van der Waals surface area contributed by atoms with Gasteiger partial charge in [0, 0.05) is 16.6 Å². The summed E-state index contributed by atoms with van der Waals surface area (Å²) in [7, 11) is 0. The molecule has 36 heavy (non-hydrogen) atoms. The number of nitrogens with zero attached hydrogens (tertiary/aromatic N) is 3. The second kappa shape index (κ2) is 11.5. The molecule has 0 spiro atoms. The molecule has 10 heteroatoms. The number of fused-ring (bicyclic) bond motifs is 1. The number of aryl methyl sites for hydroxylation is 1. The molecule has 0 fully saturated rings. The van der Waals surface area contributed by atoms with Crippen LogP contribution in [0, 0.1) is 5.82 Å². The van der Waals surface area contributed by atoms with Crippen molar-refractivity contribution in [2.75, 3.05) is 11.9 Å². The van der Waals surface area contributed by atoms with Gasteiger partial charge in [-0.25, -0.2) is 9.37 Å². The van der Waals surface area contributed by atoms with Gasteiger partial charge in [-0.15, -0.1) is 0 Å². The van der Waals surface area contributed by atoms with E-state index in [0.29, 0.717) is 40.1 Å². The van der Waals surface area contributed by atoms with E-state index in [9.17, 15) is 14.0 Å². The zero-order chi connectivity index (χ0) is 25.7. The summed E-state index contributed by atoms with van der Waals surface area (Å²) in [6.45, 7) is 1.73. The van der Waals surface area contributed by atoms with Gasteiger partial charge in [0.25, 0.3) is 11.5 Å². The minimum absolute atomic E-state index is 0.265. The van der Waals surface area contributed by atoms with Crippen LogP contribution in [0.4, 0.5) is 10.1 Å². The van der Waals surface area contributed by atoms with Crippen molar-refractivity contribution in [2.45, 2.75) is 19.8 Å². The van der Waals surface area contributed by atoms with Crippen LogP contribution in [0.15, 0.2) is 75.0 Å². The largest absolute Gasteiger partial charge is 0.482 e. The first-order valence-electron chi connectivity index (χ1n) is 11.1. The van der Waals surface area contributed by atoms with Crippen molar-refractivity contribution in [1.82, 2.24) is 9.66 Å². The molecule has 0 atom stereocenters. The number of anilines is 1. The van der Waals surface area contributed by atoms with Crippen molar-refractivity contribution in [2.24, 2.45) is 5.10 Å². The lowest BCUT2D eigenvalue weighted by Gasteiger charge is -2.10. The van der Waals surface area contributed by atoms with Crippen LogP contribution in [0.2, 0.25) is 5.02 Å². The highest BCUT2D eigenvalue weighted by Crippen LogP contribution is 2.25. The van der Waals surface area contributed by atoms with Crippen LogP contribution >= 0.6 is 27.5 Å². The van der Waals surface area contributed by atoms with Gasteiger partial charge in [-0.05, 0) is 72.6 Å². The maximum Gasteiger partial charge on any atom is 0.282 e. The number of aromatic nitrogens is 2. The fraction of sp³-hybridized carbons (Fsp3) is 0.154. The summed E-state index contributed by atoms with van der Waals surface area (Å²) in [5.74, 6) is 0.0635. The van der Waals surface area contributed by atoms with Gasteiger partial charge < -0.3 is 10.1 Å². The van der Waals surface area contributed by atoms with E-state index in [2.05, 4.69) is 31.3 Å². The number of carbonyl (C=O) groups is 1. The Kier molecular flexibility index (Phi) is 8.12. The fourth-order valence-electron chi connectivity index (χ4n) is 3.41. The van der Waals surface area contributed by atoms with Gasteiger partial charge in [0.1, 0.15) is 17.4 Å². The highest BCUT2D eigenvalue weighted by molar-refractivity contribution is 9.10. The summed E-state index contributed by atoms with van der Waals surface area (Å²) >= 11 is 9.73. The van der Waals surface area contributed by atoms with Gasteiger partial charge in [-0.1, -0.05) is 34.5 Å². The van der Waals surface area contributed by atoms with E-state index < -0.39 is 11.7 Å². The third-order valence-corrected chi connectivity index (χ3v) is 5.90. The zero-order valence-corrected chi connectivity index (χ0v) is 21.5. The summed E-state index contributed by atoms with van der Waals surface area (Å²) in [4.78, 5) is 29.8. The number of amides is 1. The van der Waals surface area contributed by atoms with Gasteiger partial charge in [-0.3, -0.25) is 9.59 Å². The van der Waals surface area contributed by atoms with Gasteiger partial charge in [-0.2, -0.15) is 9.78 Å². The van der Waals surface area contributed by atoms with Crippen molar-refractivity contribution < 1.29 is 13.9 Å². The molecular formula is C26H21BrClFN4O3. The number of benzene rings is 3. The average molecular weight is 572 g/mol. The predicted octanol–water partition coefficient (Wildman–Crippen LogP) is 5.80. The Balaban J connectivity index is 1.49. The van der Waals surface area contributed by atoms with Crippen molar-refractivity contribution in [3.05, 3.63) is 97.7 Å². The molecule has 0 aliphatic rings. The number of rotatable bonds is 8. The number of hydrogen-bond donors (Lipinski definition) is 1. The molecule has 4 aromatic rings. The summed E-state index contributed by atoms with van der Waals surface area (Å²) in [5, 5.41) is 7.73. The molecule has 184 valence electrons. The first-order valence-corrected chi connectivity index (χ1v) is 12.2. The topological polar surface area (TPSA) is 85.6 Å². The van der Waals surface area contributed by atoms with Gasteiger partial charge in [0.15, 0.2) is 6.61 Å². The van der Waals surface area contributed by atoms with E-state index in [1.807, 2.05) is 13.0 Å². The second-order valence-electron chi connectivity index (χ2n) is 7.83. The van der Waals surface area contributed by atoms with Crippen LogP contribution in [0.25, 0.3) is 10.9 Å². The lowest BCUT2D eigenvalue weighted by Crippen LogP contribution is -2.22. The number of carbonyl (C=O) groups excluding carboxylic acids is 1. The molecule has 7 nitrogen and oxygen atoms in total. The zero-order valence-electron chi connectivity index (χ0n) is 19.2.